The Bertz CT molecular complexity index is 741. The molecular weight excluding hydrogens is 322 g/mol. The van der Waals surface area contributed by atoms with Gasteiger partial charge in [0, 0.05) is 19.3 Å². The molecular formula is C15H20ClN3O2S. The second kappa shape index (κ2) is 6.71. The third kappa shape index (κ3) is 3.44. The summed E-state index contributed by atoms with van der Waals surface area (Å²) in [5, 5.41) is 0.435. The molecule has 0 aliphatic heterocycles. The first-order valence-corrected chi connectivity index (χ1v) is 8.97. The van der Waals surface area contributed by atoms with E-state index in [2.05, 4.69) is 18.8 Å². The highest BCUT2D eigenvalue weighted by Gasteiger charge is 2.27. The van der Waals surface area contributed by atoms with Crippen molar-refractivity contribution in [3.8, 4) is 0 Å². The van der Waals surface area contributed by atoms with Crippen LogP contribution >= 0.6 is 11.6 Å². The van der Waals surface area contributed by atoms with Gasteiger partial charge in [0.1, 0.15) is 0 Å². The number of anilines is 1. The van der Waals surface area contributed by atoms with Crippen molar-refractivity contribution in [1.82, 2.24) is 9.55 Å². The minimum atomic E-state index is -3.72. The van der Waals surface area contributed by atoms with Crippen molar-refractivity contribution in [2.75, 3.05) is 10.8 Å². The van der Waals surface area contributed by atoms with Crippen LogP contribution in [0.2, 0.25) is 5.02 Å². The number of aromatic nitrogens is 2. The number of sulfonamides is 1. The lowest BCUT2D eigenvalue weighted by molar-refractivity contribution is 0.521. The molecule has 0 N–H and O–H groups in total. The van der Waals surface area contributed by atoms with E-state index in [1.165, 1.54) is 4.31 Å². The summed E-state index contributed by atoms with van der Waals surface area (Å²) in [5.74, 6) is 0.413. The minimum absolute atomic E-state index is 0.0370. The summed E-state index contributed by atoms with van der Waals surface area (Å²) in [4.78, 5) is 4.06. The van der Waals surface area contributed by atoms with E-state index in [0.29, 0.717) is 16.6 Å². The summed E-state index contributed by atoms with van der Waals surface area (Å²) in [6.07, 6.45) is 3.11. The highest BCUT2D eigenvalue weighted by Crippen LogP contribution is 2.29. The Morgan fingerprint density at radius 1 is 1.32 bits per heavy atom. The lowest BCUT2D eigenvalue weighted by atomic mass is 10.2. The molecule has 0 bridgehead atoms. The molecule has 1 aromatic heterocycles. The summed E-state index contributed by atoms with van der Waals surface area (Å²) >= 11 is 6.13. The SMILES string of the molecule is CCN(c1ccccc1Cl)S(=O)(=O)c1cn(CC(C)C)cn1. The first-order valence-electron chi connectivity index (χ1n) is 7.15. The molecule has 0 saturated heterocycles. The molecule has 0 radical (unpaired) electrons. The Morgan fingerprint density at radius 2 is 2.00 bits per heavy atom. The average Bonchev–Trinajstić information content (AvgIpc) is 2.90. The van der Waals surface area contributed by atoms with E-state index in [0.717, 1.165) is 6.54 Å². The lowest BCUT2D eigenvalue weighted by Gasteiger charge is -2.22. The number of nitrogens with zero attached hydrogens (tertiary/aromatic N) is 3. The average molecular weight is 342 g/mol. The largest absolute Gasteiger partial charge is 0.336 e. The molecule has 0 aliphatic carbocycles. The number of hydrogen-bond acceptors (Lipinski definition) is 3. The second-order valence-electron chi connectivity index (χ2n) is 5.42. The maximum Gasteiger partial charge on any atom is 0.283 e. The van der Waals surface area contributed by atoms with Crippen LogP contribution < -0.4 is 4.31 Å². The Kier molecular flexibility index (Phi) is 5.13. The van der Waals surface area contributed by atoms with Crippen LogP contribution in [0.3, 0.4) is 0 Å². The minimum Gasteiger partial charge on any atom is -0.336 e. The van der Waals surface area contributed by atoms with Gasteiger partial charge in [-0.25, -0.2) is 4.98 Å². The number of rotatable bonds is 6. The van der Waals surface area contributed by atoms with Gasteiger partial charge >= 0.3 is 0 Å². The summed E-state index contributed by atoms with van der Waals surface area (Å²) in [6, 6.07) is 6.89. The van der Waals surface area contributed by atoms with Gasteiger partial charge in [0.05, 0.1) is 17.0 Å². The van der Waals surface area contributed by atoms with Crippen LogP contribution in [0.1, 0.15) is 20.8 Å². The first kappa shape index (κ1) is 16.8. The van der Waals surface area contributed by atoms with Gasteiger partial charge in [0.25, 0.3) is 10.0 Å². The lowest BCUT2D eigenvalue weighted by Crippen LogP contribution is -2.31. The van der Waals surface area contributed by atoms with Gasteiger partial charge in [-0.05, 0) is 25.0 Å². The second-order valence-corrected chi connectivity index (χ2v) is 7.64. The van der Waals surface area contributed by atoms with E-state index in [4.69, 9.17) is 11.6 Å². The van der Waals surface area contributed by atoms with Crippen molar-refractivity contribution in [2.45, 2.75) is 32.3 Å². The molecule has 0 fully saturated rings. The van der Waals surface area contributed by atoms with Gasteiger partial charge in [-0.1, -0.05) is 37.6 Å². The third-order valence-corrected chi connectivity index (χ3v) is 5.24. The topological polar surface area (TPSA) is 55.2 Å². The predicted molar refractivity (Wildman–Crippen MR) is 88.7 cm³/mol. The van der Waals surface area contributed by atoms with Crippen molar-refractivity contribution < 1.29 is 8.42 Å². The molecule has 5 nitrogen and oxygen atoms in total. The first-order chi connectivity index (χ1) is 10.4. The van der Waals surface area contributed by atoms with Crippen LogP contribution in [0.25, 0.3) is 0 Å². The number of hydrogen-bond donors (Lipinski definition) is 0. The zero-order valence-corrected chi connectivity index (χ0v) is 14.5. The van der Waals surface area contributed by atoms with E-state index in [-0.39, 0.29) is 11.6 Å². The van der Waals surface area contributed by atoms with Gasteiger partial charge in [-0.3, -0.25) is 4.31 Å². The Balaban J connectivity index is 2.39. The molecule has 7 heteroatoms. The predicted octanol–water partition coefficient (Wildman–Crippen LogP) is 3.41. The normalized spacial score (nSPS) is 11.9. The van der Waals surface area contributed by atoms with Crippen LogP contribution in [0.5, 0.6) is 0 Å². The molecule has 120 valence electrons. The highest BCUT2D eigenvalue weighted by atomic mass is 35.5. The zero-order chi connectivity index (χ0) is 16.3. The van der Waals surface area contributed by atoms with Crippen molar-refractivity contribution in [2.24, 2.45) is 5.92 Å². The molecule has 1 heterocycles. The fraction of sp³-hybridized carbons (Fsp3) is 0.400. The molecule has 0 spiro atoms. The van der Waals surface area contributed by atoms with E-state index in [1.807, 2.05) is 0 Å². The van der Waals surface area contributed by atoms with Crippen molar-refractivity contribution in [3.05, 3.63) is 41.8 Å². The molecule has 2 aromatic rings. The third-order valence-electron chi connectivity index (χ3n) is 3.15. The summed E-state index contributed by atoms with van der Waals surface area (Å²) in [7, 11) is -3.72. The van der Waals surface area contributed by atoms with Crippen molar-refractivity contribution in [1.29, 1.82) is 0 Å². The molecule has 2 rings (SSSR count). The molecule has 0 amide bonds. The molecule has 0 atom stereocenters. The van der Waals surface area contributed by atoms with Gasteiger partial charge in [0.2, 0.25) is 0 Å². The zero-order valence-electron chi connectivity index (χ0n) is 12.9. The maximum absolute atomic E-state index is 12.8. The Morgan fingerprint density at radius 3 is 2.59 bits per heavy atom. The molecule has 22 heavy (non-hydrogen) atoms. The Hall–Kier alpha value is -1.53. The smallest absolute Gasteiger partial charge is 0.283 e. The quantitative estimate of drug-likeness (QED) is 0.809. The number of benzene rings is 1. The van der Waals surface area contributed by atoms with Gasteiger partial charge in [-0.15, -0.1) is 0 Å². The maximum atomic E-state index is 12.8. The summed E-state index contributed by atoms with van der Waals surface area (Å²) in [5.41, 5.74) is 0.463. The van der Waals surface area contributed by atoms with E-state index in [9.17, 15) is 8.42 Å². The number of para-hydroxylation sites is 1. The Labute approximate surface area is 136 Å². The fourth-order valence-electron chi connectivity index (χ4n) is 2.23. The van der Waals surface area contributed by atoms with E-state index < -0.39 is 10.0 Å². The fourth-order valence-corrected chi connectivity index (χ4v) is 3.95. The van der Waals surface area contributed by atoms with E-state index >= 15 is 0 Å². The number of imidazole rings is 1. The highest BCUT2D eigenvalue weighted by molar-refractivity contribution is 7.92. The van der Waals surface area contributed by atoms with Gasteiger partial charge in [0.15, 0.2) is 5.03 Å². The van der Waals surface area contributed by atoms with Crippen LogP contribution in [0.15, 0.2) is 41.8 Å². The molecule has 1 aromatic carbocycles. The van der Waals surface area contributed by atoms with Crippen LogP contribution in [-0.2, 0) is 16.6 Å². The number of halogens is 1. The van der Waals surface area contributed by atoms with Crippen molar-refractivity contribution in [3.63, 3.8) is 0 Å². The van der Waals surface area contributed by atoms with Crippen LogP contribution in [0.4, 0.5) is 5.69 Å². The molecule has 0 saturated carbocycles. The monoisotopic (exact) mass is 341 g/mol. The molecule has 0 unspecified atom stereocenters. The van der Waals surface area contributed by atoms with Crippen molar-refractivity contribution >= 4 is 27.3 Å². The van der Waals surface area contributed by atoms with Gasteiger partial charge in [-0.2, -0.15) is 8.42 Å². The van der Waals surface area contributed by atoms with Crippen LogP contribution in [0, 0.1) is 5.92 Å². The standard InChI is InChI=1S/C15H20ClN3O2S/c1-4-19(14-8-6-5-7-13(14)16)22(20,21)15-10-18(11-17-15)9-12(2)3/h5-8,10-12H,4,9H2,1-3H3. The summed E-state index contributed by atoms with van der Waals surface area (Å²) < 4.78 is 28.7. The molecule has 0 aliphatic rings. The van der Waals surface area contributed by atoms with E-state index in [1.54, 1.807) is 48.3 Å². The van der Waals surface area contributed by atoms with Gasteiger partial charge < -0.3 is 4.57 Å². The summed E-state index contributed by atoms with van der Waals surface area (Å²) in [6.45, 7) is 6.91. The van der Waals surface area contributed by atoms with Crippen LogP contribution in [-0.4, -0.2) is 24.5 Å².